The molecule has 184 valence electrons. The number of benzene rings is 1. The van der Waals surface area contributed by atoms with Gasteiger partial charge in [-0.3, -0.25) is 4.79 Å². The number of hydrogen-bond donors (Lipinski definition) is 3. The quantitative estimate of drug-likeness (QED) is 0.404. The van der Waals surface area contributed by atoms with Gasteiger partial charge < -0.3 is 16.2 Å². The Morgan fingerprint density at radius 1 is 1.29 bits per heavy atom. The standard InChI is InChI=1S/C29H41N3O2/c1-6-8-23(12-11-22-13-15-29(5,34)16-14-22)24-9-7-10-25(21(24)4)28(33)31-18-26-19(2)17-20(3)32-27(26)30/h7,9-10,13,15,17,22-23,34H,6,8,11-12,14,16,18H2,1-5H3,(H2,30,32)(H,31,33). The number of nitrogens with zero attached hydrogens (tertiary/aromatic N) is 1. The minimum atomic E-state index is -0.657. The van der Waals surface area contributed by atoms with Crippen LogP contribution in [0.1, 0.15) is 96.6 Å². The number of carbonyl (C=O) groups excluding carboxylic acids is 1. The van der Waals surface area contributed by atoms with Crippen LogP contribution in [-0.4, -0.2) is 21.6 Å². The van der Waals surface area contributed by atoms with E-state index in [1.165, 1.54) is 5.56 Å². The first kappa shape index (κ1) is 26.0. The van der Waals surface area contributed by atoms with Crippen LogP contribution in [0, 0.1) is 26.7 Å². The summed E-state index contributed by atoms with van der Waals surface area (Å²) in [5, 5.41) is 13.2. The Kier molecular flexibility index (Phi) is 8.53. The van der Waals surface area contributed by atoms with Gasteiger partial charge in [0, 0.05) is 23.4 Å². The third kappa shape index (κ3) is 6.47. The zero-order valence-electron chi connectivity index (χ0n) is 21.4. The first-order valence-corrected chi connectivity index (χ1v) is 12.6. The molecule has 0 spiro atoms. The van der Waals surface area contributed by atoms with Crippen LogP contribution < -0.4 is 11.1 Å². The number of aryl methyl sites for hydroxylation is 2. The first-order valence-electron chi connectivity index (χ1n) is 12.6. The average molecular weight is 464 g/mol. The van der Waals surface area contributed by atoms with E-state index in [1.807, 2.05) is 45.0 Å². The summed E-state index contributed by atoms with van der Waals surface area (Å²) < 4.78 is 0. The molecular weight excluding hydrogens is 422 g/mol. The van der Waals surface area contributed by atoms with Crippen molar-refractivity contribution in [3.05, 3.63) is 69.9 Å². The molecule has 1 aliphatic rings. The van der Waals surface area contributed by atoms with Crippen LogP contribution in [0.25, 0.3) is 0 Å². The van der Waals surface area contributed by atoms with Crippen molar-refractivity contribution in [2.24, 2.45) is 5.92 Å². The van der Waals surface area contributed by atoms with Crippen molar-refractivity contribution in [3.63, 3.8) is 0 Å². The molecule has 34 heavy (non-hydrogen) atoms. The highest BCUT2D eigenvalue weighted by atomic mass is 16.3. The molecule has 3 unspecified atom stereocenters. The normalized spacial score (nSPS) is 20.8. The predicted molar refractivity (Wildman–Crippen MR) is 140 cm³/mol. The van der Waals surface area contributed by atoms with Crippen molar-refractivity contribution in [1.82, 2.24) is 10.3 Å². The van der Waals surface area contributed by atoms with E-state index in [0.29, 0.717) is 24.2 Å². The van der Waals surface area contributed by atoms with Crippen LogP contribution in [0.3, 0.4) is 0 Å². The number of allylic oxidation sites excluding steroid dienone is 1. The number of aromatic nitrogens is 1. The lowest BCUT2D eigenvalue weighted by Gasteiger charge is -2.28. The van der Waals surface area contributed by atoms with E-state index in [-0.39, 0.29) is 5.91 Å². The van der Waals surface area contributed by atoms with Gasteiger partial charge in [-0.2, -0.15) is 0 Å². The average Bonchev–Trinajstić information content (AvgIpc) is 2.77. The number of nitrogens with two attached hydrogens (primary N) is 1. The lowest BCUT2D eigenvalue weighted by atomic mass is 9.80. The smallest absolute Gasteiger partial charge is 0.251 e. The number of nitrogen functional groups attached to an aromatic ring is 1. The molecule has 0 fully saturated rings. The topological polar surface area (TPSA) is 88.2 Å². The predicted octanol–water partition coefficient (Wildman–Crippen LogP) is 5.90. The highest BCUT2D eigenvalue weighted by Gasteiger charge is 2.25. The fourth-order valence-electron chi connectivity index (χ4n) is 5.19. The molecule has 0 bridgehead atoms. The Morgan fingerprint density at radius 2 is 2.06 bits per heavy atom. The maximum absolute atomic E-state index is 13.1. The number of anilines is 1. The summed E-state index contributed by atoms with van der Waals surface area (Å²) in [6.45, 7) is 10.4. The molecule has 1 amide bonds. The molecule has 0 saturated carbocycles. The molecule has 0 aliphatic heterocycles. The number of carbonyl (C=O) groups is 1. The molecule has 5 heteroatoms. The molecule has 0 radical (unpaired) electrons. The highest BCUT2D eigenvalue weighted by Crippen LogP contribution is 2.35. The fourth-order valence-corrected chi connectivity index (χ4v) is 5.19. The minimum absolute atomic E-state index is 0.0774. The van der Waals surface area contributed by atoms with Crippen molar-refractivity contribution < 1.29 is 9.90 Å². The van der Waals surface area contributed by atoms with Crippen LogP contribution in [0.15, 0.2) is 36.4 Å². The largest absolute Gasteiger partial charge is 0.386 e. The number of hydrogen-bond acceptors (Lipinski definition) is 4. The van der Waals surface area contributed by atoms with Gasteiger partial charge >= 0.3 is 0 Å². The van der Waals surface area contributed by atoms with E-state index in [9.17, 15) is 9.90 Å². The van der Waals surface area contributed by atoms with Gasteiger partial charge in [0.15, 0.2) is 0 Å². The Bertz CT molecular complexity index is 1020. The van der Waals surface area contributed by atoms with E-state index in [1.54, 1.807) is 0 Å². The van der Waals surface area contributed by atoms with E-state index >= 15 is 0 Å². The maximum atomic E-state index is 13.1. The van der Waals surface area contributed by atoms with Crippen molar-refractivity contribution in [2.45, 2.75) is 91.2 Å². The molecule has 2 aromatic rings. The van der Waals surface area contributed by atoms with Crippen LogP contribution in [0.4, 0.5) is 5.82 Å². The van der Waals surface area contributed by atoms with Crippen LogP contribution >= 0.6 is 0 Å². The first-order chi connectivity index (χ1) is 16.1. The summed E-state index contributed by atoms with van der Waals surface area (Å²) in [7, 11) is 0. The Labute approximate surface area is 204 Å². The minimum Gasteiger partial charge on any atom is -0.386 e. The molecule has 1 heterocycles. The van der Waals surface area contributed by atoms with Crippen molar-refractivity contribution in [1.29, 1.82) is 0 Å². The lowest BCUT2D eigenvalue weighted by Crippen LogP contribution is -2.26. The Morgan fingerprint density at radius 3 is 2.71 bits per heavy atom. The second-order valence-electron chi connectivity index (χ2n) is 10.2. The van der Waals surface area contributed by atoms with Crippen molar-refractivity contribution in [2.75, 3.05) is 5.73 Å². The lowest BCUT2D eigenvalue weighted by molar-refractivity contribution is 0.0871. The number of rotatable bonds is 9. The number of amides is 1. The van der Waals surface area contributed by atoms with Gasteiger partial charge in [-0.05, 0) is 100 Å². The molecule has 3 atom stereocenters. The van der Waals surface area contributed by atoms with Crippen LogP contribution in [0.2, 0.25) is 0 Å². The van der Waals surface area contributed by atoms with Gasteiger partial charge in [0.1, 0.15) is 5.82 Å². The summed E-state index contributed by atoms with van der Waals surface area (Å²) in [4.78, 5) is 17.5. The van der Waals surface area contributed by atoms with Crippen molar-refractivity contribution >= 4 is 11.7 Å². The molecule has 1 aromatic carbocycles. The summed E-state index contributed by atoms with van der Waals surface area (Å²) in [5.74, 6) is 1.34. The van der Waals surface area contributed by atoms with E-state index in [4.69, 9.17) is 5.73 Å². The Hall–Kier alpha value is -2.66. The summed E-state index contributed by atoms with van der Waals surface area (Å²) in [6, 6.07) is 8.08. The van der Waals surface area contributed by atoms with Gasteiger partial charge in [0.05, 0.1) is 5.60 Å². The fraction of sp³-hybridized carbons (Fsp3) is 0.517. The van der Waals surface area contributed by atoms with Gasteiger partial charge in [-0.1, -0.05) is 37.6 Å². The van der Waals surface area contributed by atoms with E-state index in [0.717, 1.165) is 66.5 Å². The zero-order chi connectivity index (χ0) is 24.9. The van der Waals surface area contributed by atoms with E-state index < -0.39 is 5.60 Å². The second kappa shape index (κ2) is 11.2. The van der Waals surface area contributed by atoms with Crippen LogP contribution in [0.5, 0.6) is 0 Å². The maximum Gasteiger partial charge on any atom is 0.251 e. The molecule has 3 rings (SSSR count). The van der Waals surface area contributed by atoms with Gasteiger partial charge in [-0.25, -0.2) is 4.98 Å². The number of nitrogens with one attached hydrogen (secondary N) is 1. The molecular formula is C29H41N3O2. The molecule has 1 aliphatic carbocycles. The molecule has 4 N–H and O–H groups in total. The van der Waals surface area contributed by atoms with Crippen LogP contribution in [-0.2, 0) is 6.54 Å². The summed E-state index contributed by atoms with van der Waals surface area (Å²) >= 11 is 0. The second-order valence-corrected chi connectivity index (χ2v) is 10.2. The van der Waals surface area contributed by atoms with Gasteiger partial charge in [0.2, 0.25) is 0 Å². The van der Waals surface area contributed by atoms with Crippen molar-refractivity contribution in [3.8, 4) is 0 Å². The van der Waals surface area contributed by atoms with Gasteiger partial charge in [-0.15, -0.1) is 0 Å². The third-order valence-corrected chi connectivity index (χ3v) is 7.27. The number of pyridine rings is 1. The summed E-state index contributed by atoms with van der Waals surface area (Å²) in [5.41, 5.74) is 11.3. The zero-order valence-corrected chi connectivity index (χ0v) is 21.4. The molecule has 5 nitrogen and oxygen atoms in total. The molecule has 0 saturated heterocycles. The number of aliphatic hydroxyl groups is 1. The molecule has 1 aromatic heterocycles. The third-order valence-electron chi connectivity index (χ3n) is 7.27. The highest BCUT2D eigenvalue weighted by molar-refractivity contribution is 5.96. The monoisotopic (exact) mass is 463 g/mol. The van der Waals surface area contributed by atoms with E-state index in [2.05, 4.69) is 36.3 Å². The SMILES string of the molecule is CCCC(CCC1C=CC(C)(O)CC1)c1cccc(C(=O)NCc2c(C)cc(C)nc2N)c1C. The summed E-state index contributed by atoms with van der Waals surface area (Å²) in [6.07, 6.45) is 10.4. The Balaban J connectivity index is 1.72. The van der Waals surface area contributed by atoms with Gasteiger partial charge in [0.25, 0.3) is 5.91 Å².